The number of aromatic nitrogens is 2. The van der Waals surface area contributed by atoms with Crippen molar-refractivity contribution >= 4 is 45.3 Å². The first-order valence-electron chi connectivity index (χ1n) is 10.5. The number of thiophene rings is 1. The number of fused-ring (bicyclic) bond motifs is 3. The molecule has 2 aromatic heterocycles. The number of nitrogens with zero attached hydrogens (tertiary/aromatic N) is 3. The number of hydrogen-bond donors (Lipinski definition) is 1. The molecule has 160 valence electrons. The standard InChI is InChI=1S/C22H22N4O3S2/c27-17(25-12-11-23-21(25)29)13-30-22-24-19-18(15-9-5-2-6-10-16(15)31-19)20(28)26(22)14-7-3-1-4-8-14/h1,3-4,7-8H,2,5-6,9-13H2,(H,23,29). The van der Waals surface area contributed by atoms with Gasteiger partial charge in [0, 0.05) is 18.0 Å². The van der Waals surface area contributed by atoms with Gasteiger partial charge in [0.05, 0.1) is 16.8 Å². The summed E-state index contributed by atoms with van der Waals surface area (Å²) in [7, 11) is 0. The normalized spacial score (nSPS) is 16.3. The molecular formula is C22H22N4O3S2. The van der Waals surface area contributed by atoms with Gasteiger partial charge in [0.15, 0.2) is 5.16 Å². The number of urea groups is 1. The van der Waals surface area contributed by atoms with Gasteiger partial charge in [0.2, 0.25) is 5.91 Å². The van der Waals surface area contributed by atoms with Crippen LogP contribution in [0.5, 0.6) is 0 Å². The molecule has 1 fully saturated rings. The van der Waals surface area contributed by atoms with Crippen molar-refractivity contribution in [1.29, 1.82) is 0 Å². The minimum atomic E-state index is -0.364. The van der Waals surface area contributed by atoms with Gasteiger partial charge < -0.3 is 5.32 Å². The van der Waals surface area contributed by atoms with E-state index in [0.717, 1.165) is 47.2 Å². The molecule has 0 saturated carbocycles. The summed E-state index contributed by atoms with van der Waals surface area (Å²) >= 11 is 2.81. The van der Waals surface area contributed by atoms with Gasteiger partial charge in [0.1, 0.15) is 4.83 Å². The second-order valence-electron chi connectivity index (χ2n) is 7.68. The fourth-order valence-electron chi connectivity index (χ4n) is 4.18. The van der Waals surface area contributed by atoms with E-state index in [0.29, 0.717) is 18.2 Å². The average Bonchev–Trinajstić information content (AvgIpc) is 3.28. The predicted octanol–water partition coefficient (Wildman–Crippen LogP) is 3.36. The van der Waals surface area contributed by atoms with E-state index >= 15 is 0 Å². The molecule has 1 aromatic carbocycles. The lowest BCUT2D eigenvalue weighted by Gasteiger charge is -2.14. The van der Waals surface area contributed by atoms with Gasteiger partial charge in [0.25, 0.3) is 5.56 Å². The third-order valence-electron chi connectivity index (χ3n) is 5.71. The number of hydrogen-bond acceptors (Lipinski definition) is 6. The summed E-state index contributed by atoms with van der Waals surface area (Å²) in [5.41, 5.74) is 1.80. The van der Waals surface area contributed by atoms with Crippen molar-refractivity contribution in [2.75, 3.05) is 18.8 Å². The Hall–Kier alpha value is -2.65. The number of amides is 3. The molecule has 3 heterocycles. The van der Waals surface area contributed by atoms with Gasteiger partial charge in [-0.2, -0.15) is 0 Å². The summed E-state index contributed by atoms with van der Waals surface area (Å²) in [6.45, 7) is 0.836. The predicted molar refractivity (Wildman–Crippen MR) is 122 cm³/mol. The van der Waals surface area contributed by atoms with Crippen molar-refractivity contribution in [3.8, 4) is 5.69 Å². The van der Waals surface area contributed by atoms with Crippen LogP contribution in [0.4, 0.5) is 4.79 Å². The average molecular weight is 455 g/mol. The van der Waals surface area contributed by atoms with Crippen LogP contribution in [0, 0.1) is 0 Å². The fourth-order valence-corrected chi connectivity index (χ4v) is 6.37. The molecule has 0 atom stereocenters. The van der Waals surface area contributed by atoms with E-state index < -0.39 is 0 Å². The highest BCUT2D eigenvalue weighted by atomic mass is 32.2. The topological polar surface area (TPSA) is 84.3 Å². The molecule has 5 rings (SSSR count). The number of carbonyl (C=O) groups excluding carboxylic acids is 2. The van der Waals surface area contributed by atoms with Crippen molar-refractivity contribution in [2.24, 2.45) is 0 Å². The Labute approximate surface area is 187 Å². The second kappa shape index (κ2) is 8.47. The van der Waals surface area contributed by atoms with E-state index in [1.165, 1.54) is 28.0 Å². The van der Waals surface area contributed by atoms with Crippen molar-refractivity contribution in [1.82, 2.24) is 19.8 Å². The Morgan fingerprint density at radius 2 is 1.94 bits per heavy atom. The van der Waals surface area contributed by atoms with Gasteiger partial charge >= 0.3 is 6.03 Å². The zero-order valence-electron chi connectivity index (χ0n) is 16.9. The maximum atomic E-state index is 13.7. The van der Waals surface area contributed by atoms with Gasteiger partial charge in [-0.15, -0.1) is 11.3 Å². The number of aryl methyl sites for hydroxylation is 2. The molecule has 0 unspecified atom stereocenters. The van der Waals surface area contributed by atoms with Crippen molar-refractivity contribution in [2.45, 2.75) is 37.3 Å². The third kappa shape index (κ3) is 3.76. The minimum Gasteiger partial charge on any atom is -0.336 e. The number of carbonyl (C=O) groups is 2. The summed E-state index contributed by atoms with van der Waals surface area (Å²) in [6.07, 6.45) is 5.32. The summed E-state index contributed by atoms with van der Waals surface area (Å²) in [4.78, 5) is 46.1. The van der Waals surface area contributed by atoms with Crippen molar-refractivity contribution in [3.05, 3.63) is 51.1 Å². The quantitative estimate of drug-likeness (QED) is 0.371. The highest BCUT2D eigenvalue weighted by molar-refractivity contribution is 7.99. The summed E-state index contributed by atoms with van der Waals surface area (Å²) in [5, 5.41) is 3.84. The zero-order chi connectivity index (χ0) is 21.4. The van der Waals surface area contributed by atoms with Crippen LogP contribution >= 0.6 is 23.1 Å². The zero-order valence-corrected chi connectivity index (χ0v) is 18.6. The SMILES string of the molecule is O=C(CSc1nc2sc3c(c2c(=O)n1-c1ccccc1)CCCCC3)N1CCNC1=O. The summed E-state index contributed by atoms with van der Waals surface area (Å²) in [6, 6.07) is 9.05. The van der Waals surface area contributed by atoms with Crippen LogP contribution in [0.2, 0.25) is 0 Å². The number of benzene rings is 1. The second-order valence-corrected chi connectivity index (χ2v) is 9.71. The maximum Gasteiger partial charge on any atom is 0.324 e. The lowest BCUT2D eigenvalue weighted by Crippen LogP contribution is -2.35. The van der Waals surface area contributed by atoms with E-state index in [2.05, 4.69) is 5.32 Å². The molecule has 31 heavy (non-hydrogen) atoms. The van der Waals surface area contributed by atoms with E-state index in [1.807, 2.05) is 30.3 Å². The molecule has 1 N–H and O–H groups in total. The van der Waals surface area contributed by atoms with E-state index in [9.17, 15) is 14.4 Å². The molecule has 0 spiro atoms. The van der Waals surface area contributed by atoms with E-state index in [-0.39, 0.29) is 23.3 Å². The van der Waals surface area contributed by atoms with Crippen LogP contribution in [0.1, 0.15) is 29.7 Å². The van der Waals surface area contributed by atoms with E-state index in [1.54, 1.807) is 15.9 Å². The Balaban J connectivity index is 1.58. The molecule has 1 aliphatic heterocycles. The molecule has 0 radical (unpaired) electrons. The number of rotatable bonds is 4. The monoisotopic (exact) mass is 454 g/mol. The van der Waals surface area contributed by atoms with Crippen LogP contribution < -0.4 is 10.9 Å². The van der Waals surface area contributed by atoms with Crippen molar-refractivity contribution in [3.63, 3.8) is 0 Å². The Morgan fingerprint density at radius 3 is 2.71 bits per heavy atom. The van der Waals surface area contributed by atoms with Crippen LogP contribution in [0.3, 0.4) is 0 Å². The first-order chi connectivity index (χ1) is 15.1. The summed E-state index contributed by atoms with van der Waals surface area (Å²) in [5.74, 6) is -0.237. The Kier molecular flexibility index (Phi) is 5.54. The number of thioether (sulfide) groups is 1. The number of para-hydroxylation sites is 1. The van der Waals surface area contributed by atoms with Gasteiger partial charge in [-0.05, 0) is 43.4 Å². The largest absolute Gasteiger partial charge is 0.336 e. The van der Waals surface area contributed by atoms with Crippen molar-refractivity contribution < 1.29 is 9.59 Å². The van der Waals surface area contributed by atoms with Crippen LogP contribution in [-0.2, 0) is 17.6 Å². The molecule has 7 nitrogen and oxygen atoms in total. The Morgan fingerprint density at radius 1 is 1.13 bits per heavy atom. The van der Waals surface area contributed by atoms with Gasteiger partial charge in [-0.1, -0.05) is 36.4 Å². The highest BCUT2D eigenvalue weighted by Gasteiger charge is 2.27. The molecule has 2 aliphatic rings. The lowest BCUT2D eigenvalue weighted by atomic mass is 10.1. The fraction of sp³-hybridized carbons (Fsp3) is 0.364. The molecule has 1 saturated heterocycles. The van der Waals surface area contributed by atoms with Gasteiger partial charge in [-0.3, -0.25) is 19.1 Å². The molecule has 0 bridgehead atoms. The van der Waals surface area contributed by atoms with Crippen LogP contribution in [-0.4, -0.2) is 45.2 Å². The van der Waals surface area contributed by atoms with E-state index in [4.69, 9.17) is 4.98 Å². The van der Waals surface area contributed by atoms with Crippen LogP contribution in [0.25, 0.3) is 15.9 Å². The Bertz CT molecular complexity index is 1220. The highest BCUT2D eigenvalue weighted by Crippen LogP contribution is 2.34. The molecule has 3 aromatic rings. The molecule has 3 amide bonds. The molecular weight excluding hydrogens is 432 g/mol. The molecule has 1 aliphatic carbocycles. The smallest absolute Gasteiger partial charge is 0.324 e. The maximum absolute atomic E-state index is 13.7. The number of nitrogens with one attached hydrogen (secondary N) is 1. The number of imide groups is 1. The van der Waals surface area contributed by atoms with Gasteiger partial charge in [-0.25, -0.2) is 9.78 Å². The van der Waals surface area contributed by atoms with Crippen LogP contribution in [0.15, 0.2) is 40.3 Å². The first-order valence-corrected chi connectivity index (χ1v) is 12.3. The first kappa shape index (κ1) is 20.3. The lowest BCUT2D eigenvalue weighted by molar-refractivity contribution is -0.124. The molecule has 9 heteroatoms. The summed E-state index contributed by atoms with van der Waals surface area (Å²) < 4.78 is 1.61. The third-order valence-corrected chi connectivity index (χ3v) is 7.81. The minimum absolute atomic E-state index is 0.0449.